The number of Topliss-reactive ketones (excluding diaryl/α,β-unsaturated/α-hetero) is 2. The molecule has 0 aromatic carbocycles. The average Bonchev–Trinajstić information content (AvgIpc) is 2.80. The van der Waals surface area contributed by atoms with Crippen LogP contribution in [-0.4, -0.2) is 11.6 Å². The van der Waals surface area contributed by atoms with Crippen LogP contribution in [0.3, 0.4) is 0 Å². The zero-order valence-electron chi connectivity index (χ0n) is 8.57. The number of ketones is 2. The minimum absolute atomic E-state index is 0.00685. The van der Waals surface area contributed by atoms with Crippen LogP contribution in [0.15, 0.2) is 17.5 Å². The molecule has 0 fully saturated rings. The van der Waals surface area contributed by atoms with E-state index in [1.165, 1.54) is 11.3 Å². The summed E-state index contributed by atoms with van der Waals surface area (Å²) >= 11 is 3.13. The second-order valence-corrected chi connectivity index (χ2v) is 5.96. The van der Waals surface area contributed by atoms with Gasteiger partial charge in [0.2, 0.25) is 0 Å². The van der Waals surface area contributed by atoms with E-state index in [4.69, 9.17) is 0 Å². The van der Waals surface area contributed by atoms with E-state index < -0.39 is 0 Å². The van der Waals surface area contributed by atoms with Gasteiger partial charge in [0.1, 0.15) is 0 Å². The van der Waals surface area contributed by atoms with Crippen molar-refractivity contribution in [2.75, 3.05) is 0 Å². The molecule has 0 unspecified atom stereocenters. The van der Waals surface area contributed by atoms with Crippen LogP contribution in [0.4, 0.5) is 0 Å². The minimum atomic E-state index is -0.0534. The van der Waals surface area contributed by atoms with E-state index in [1.807, 2.05) is 24.4 Å². The maximum atomic E-state index is 11.9. The van der Waals surface area contributed by atoms with Gasteiger partial charge in [0.05, 0.1) is 16.2 Å². The summed E-state index contributed by atoms with van der Waals surface area (Å²) in [5.41, 5.74) is 1.43. The molecule has 1 aliphatic carbocycles. The molecule has 0 atom stereocenters. The van der Waals surface area contributed by atoms with Crippen molar-refractivity contribution in [2.45, 2.75) is 13.3 Å². The molecule has 0 N–H and O–H groups in total. The molecule has 0 saturated carbocycles. The number of aryl methyl sites for hydroxylation is 1. The third kappa shape index (κ3) is 1.30. The first-order valence-electron chi connectivity index (χ1n) is 4.91. The molecule has 0 spiro atoms. The third-order valence-corrected chi connectivity index (χ3v) is 4.78. The van der Waals surface area contributed by atoms with E-state index in [0.29, 0.717) is 5.56 Å². The van der Waals surface area contributed by atoms with Gasteiger partial charge in [-0.05, 0) is 24.4 Å². The van der Waals surface area contributed by atoms with Gasteiger partial charge in [-0.1, -0.05) is 0 Å². The molecule has 2 aromatic heterocycles. The Morgan fingerprint density at radius 1 is 1.12 bits per heavy atom. The van der Waals surface area contributed by atoms with Gasteiger partial charge >= 0.3 is 0 Å². The highest BCUT2D eigenvalue weighted by molar-refractivity contribution is 7.22. The lowest BCUT2D eigenvalue weighted by atomic mass is 10.1. The van der Waals surface area contributed by atoms with Crippen molar-refractivity contribution in [3.8, 4) is 9.75 Å². The second-order valence-electron chi connectivity index (χ2n) is 3.79. The monoisotopic (exact) mass is 248 g/mol. The quantitative estimate of drug-likeness (QED) is 0.668. The minimum Gasteiger partial charge on any atom is -0.294 e. The van der Waals surface area contributed by atoms with Crippen molar-refractivity contribution in [1.29, 1.82) is 0 Å². The van der Waals surface area contributed by atoms with E-state index >= 15 is 0 Å². The Hall–Kier alpha value is -1.26. The number of thiophene rings is 2. The largest absolute Gasteiger partial charge is 0.294 e. The molecule has 4 heteroatoms. The molecule has 0 aliphatic heterocycles. The summed E-state index contributed by atoms with van der Waals surface area (Å²) in [4.78, 5) is 26.8. The van der Waals surface area contributed by atoms with Crippen LogP contribution in [0, 0.1) is 6.92 Å². The van der Waals surface area contributed by atoms with E-state index in [2.05, 4.69) is 0 Å². The first kappa shape index (κ1) is 9.93. The van der Waals surface area contributed by atoms with Gasteiger partial charge in [0.25, 0.3) is 0 Å². The van der Waals surface area contributed by atoms with E-state index in [0.717, 1.165) is 20.2 Å². The predicted molar refractivity (Wildman–Crippen MR) is 65.6 cm³/mol. The van der Waals surface area contributed by atoms with Crippen LogP contribution >= 0.6 is 22.7 Å². The Morgan fingerprint density at radius 3 is 2.69 bits per heavy atom. The van der Waals surface area contributed by atoms with Crippen molar-refractivity contribution in [3.05, 3.63) is 33.5 Å². The molecule has 0 amide bonds. The first-order valence-corrected chi connectivity index (χ1v) is 6.61. The molecule has 0 radical (unpaired) electrons. The Bertz CT molecular complexity index is 604. The van der Waals surface area contributed by atoms with Gasteiger partial charge in [0, 0.05) is 16.0 Å². The van der Waals surface area contributed by atoms with Crippen LogP contribution in [0.5, 0.6) is 0 Å². The highest BCUT2D eigenvalue weighted by atomic mass is 32.1. The molecule has 80 valence electrons. The van der Waals surface area contributed by atoms with Crippen molar-refractivity contribution >= 4 is 34.2 Å². The number of carbonyl (C=O) groups is 2. The average molecular weight is 248 g/mol. The summed E-state index contributed by atoms with van der Waals surface area (Å²) in [5, 5.41) is 1.91. The highest BCUT2D eigenvalue weighted by Gasteiger charge is 2.27. The summed E-state index contributed by atoms with van der Waals surface area (Å²) in [6.45, 7) is 1.99. The lowest BCUT2D eigenvalue weighted by Crippen LogP contribution is -2.04. The fourth-order valence-corrected chi connectivity index (χ4v) is 4.05. The topological polar surface area (TPSA) is 34.1 Å². The number of rotatable bonds is 0. The lowest BCUT2D eigenvalue weighted by Gasteiger charge is -1.94. The Morgan fingerprint density at radius 2 is 1.88 bits per heavy atom. The Balaban J connectivity index is 2.35. The van der Waals surface area contributed by atoms with E-state index in [-0.39, 0.29) is 18.0 Å². The first-order chi connectivity index (χ1) is 7.66. The summed E-state index contributed by atoms with van der Waals surface area (Å²) < 4.78 is 0. The van der Waals surface area contributed by atoms with Crippen LogP contribution < -0.4 is 0 Å². The van der Waals surface area contributed by atoms with Crippen molar-refractivity contribution in [3.63, 3.8) is 0 Å². The third-order valence-electron chi connectivity index (χ3n) is 2.65. The van der Waals surface area contributed by atoms with Gasteiger partial charge in [-0.25, -0.2) is 0 Å². The fraction of sp³-hybridized carbons (Fsp3) is 0.167. The number of hydrogen-bond donors (Lipinski definition) is 0. The van der Waals surface area contributed by atoms with Gasteiger partial charge in [-0.2, -0.15) is 0 Å². The molecular formula is C12H8O2S2. The van der Waals surface area contributed by atoms with Crippen LogP contribution in [0.2, 0.25) is 0 Å². The maximum absolute atomic E-state index is 11.9. The zero-order chi connectivity index (χ0) is 11.3. The fourth-order valence-electron chi connectivity index (χ4n) is 1.93. The van der Waals surface area contributed by atoms with Crippen LogP contribution in [0.25, 0.3) is 9.75 Å². The van der Waals surface area contributed by atoms with Crippen LogP contribution in [-0.2, 0) is 0 Å². The number of carbonyl (C=O) groups excluding carboxylic acids is 2. The lowest BCUT2D eigenvalue weighted by molar-refractivity contribution is 0.0897. The zero-order valence-corrected chi connectivity index (χ0v) is 10.2. The molecule has 3 rings (SSSR count). The molecule has 0 saturated heterocycles. The van der Waals surface area contributed by atoms with Crippen molar-refractivity contribution in [1.82, 2.24) is 0 Å². The summed E-state index contributed by atoms with van der Waals surface area (Å²) in [5.74, 6) is -0.102. The highest BCUT2D eigenvalue weighted by Crippen LogP contribution is 2.41. The van der Waals surface area contributed by atoms with Crippen LogP contribution in [0.1, 0.15) is 32.0 Å². The molecule has 0 bridgehead atoms. The SMILES string of the molecule is Cc1cc2c(s1)-c1sccc1C(=O)CC2=O. The van der Waals surface area contributed by atoms with E-state index in [1.54, 1.807) is 11.3 Å². The molecule has 2 nitrogen and oxygen atoms in total. The van der Waals surface area contributed by atoms with Gasteiger partial charge in [0.15, 0.2) is 11.6 Å². The number of fused-ring (bicyclic) bond motifs is 3. The van der Waals surface area contributed by atoms with Crippen molar-refractivity contribution < 1.29 is 9.59 Å². The summed E-state index contributed by atoms with van der Waals surface area (Å²) in [6.07, 6.45) is 0.00685. The van der Waals surface area contributed by atoms with Crippen molar-refractivity contribution in [2.24, 2.45) is 0 Å². The standard InChI is InChI=1S/C12H8O2S2/c1-6-4-8-10(14)5-9(13)7-2-3-15-11(7)12(8)16-6/h2-4H,5H2,1H3. The number of hydrogen-bond acceptors (Lipinski definition) is 4. The maximum Gasteiger partial charge on any atom is 0.172 e. The summed E-state index contributed by atoms with van der Waals surface area (Å²) in [6, 6.07) is 3.71. The second kappa shape index (κ2) is 3.37. The Labute approximate surface area is 101 Å². The molecule has 16 heavy (non-hydrogen) atoms. The van der Waals surface area contributed by atoms with E-state index in [9.17, 15) is 9.59 Å². The van der Waals surface area contributed by atoms with Gasteiger partial charge in [-0.15, -0.1) is 22.7 Å². The summed E-state index contributed by atoms with van der Waals surface area (Å²) in [7, 11) is 0. The predicted octanol–water partition coefficient (Wildman–Crippen LogP) is 3.55. The van der Waals surface area contributed by atoms with Gasteiger partial charge in [-0.3, -0.25) is 9.59 Å². The smallest absolute Gasteiger partial charge is 0.172 e. The molecule has 2 aromatic rings. The Kier molecular flexibility index (Phi) is 2.09. The molecular weight excluding hydrogens is 240 g/mol. The van der Waals surface area contributed by atoms with Gasteiger partial charge < -0.3 is 0 Å². The molecule has 2 heterocycles. The normalized spacial score (nSPS) is 14.6. The molecule has 1 aliphatic rings.